The second-order valence-corrected chi connectivity index (χ2v) is 6.99. The van der Waals surface area contributed by atoms with Crippen LogP contribution in [0, 0.1) is 11.8 Å². The Balaban J connectivity index is 0.00000225. The zero-order valence-electron chi connectivity index (χ0n) is 13.5. The number of carboxylic acids is 2. The van der Waals surface area contributed by atoms with Crippen LogP contribution in [0.5, 0.6) is 5.75 Å². The molecule has 0 spiro atoms. The van der Waals surface area contributed by atoms with Crippen LogP contribution in [0.4, 0.5) is 0 Å². The minimum absolute atomic E-state index is 0. The summed E-state index contributed by atoms with van der Waals surface area (Å²) in [6.07, 6.45) is 3.02. The van der Waals surface area contributed by atoms with Gasteiger partial charge in [-0.3, -0.25) is 4.79 Å². The number of nitrogens with one attached hydrogen (secondary N) is 1. The van der Waals surface area contributed by atoms with E-state index in [0.29, 0.717) is 23.1 Å². The Labute approximate surface area is 156 Å². The molecular weight excluding hydrogens is 369 g/mol. The van der Waals surface area contributed by atoms with Gasteiger partial charge in [0.1, 0.15) is 17.4 Å². The topological polar surface area (TPSA) is 95.9 Å². The maximum atomic E-state index is 11.3. The molecule has 6 nitrogen and oxygen atoms in total. The summed E-state index contributed by atoms with van der Waals surface area (Å²) in [5.74, 6) is -0.827. The van der Waals surface area contributed by atoms with Crippen molar-refractivity contribution in [1.82, 2.24) is 5.32 Å². The number of fused-ring (bicyclic) bond motifs is 1. The monoisotopic (exact) mass is 389 g/mol. The number of ether oxygens (including phenoxy) is 1. The summed E-state index contributed by atoms with van der Waals surface area (Å²) < 4.78 is 5.94. The number of halogens is 2. The SMILES string of the molecule is Cl.O=C(O)c1cc(Cl)ccc1O[C@H]1CC[C@H]2CN[C@H](C(=O)O)C[C@@H]2C1. The fraction of sp³-hybridized carbons (Fsp3) is 0.529. The van der Waals surface area contributed by atoms with Gasteiger partial charge in [0.15, 0.2) is 0 Å². The third kappa shape index (κ3) is 4.57. The molecular formula is C17H21Cl2NO5. The average Bonchev–Trinajstić information content (AvgIpc) is 2.55. The number of hydrogen-bond acceptors (Lipinski definition) is 4. The summed E-state index contributed by atoms with van der Waals surface area (Å²) in [6.45, 7) is 0.718. The maximum Gasteiger partial charge on any atom is 0.339 e. The van der Waals surface area contributed by atoms with E-state index in [2.05, 4.69) is 5.32 Å². The van der Waals surface area contributed by atoms with Crippen molar-refractivity contribution in [2.75, 3.05) is 6.54 Å². The predicted octanol–water partition coefficient (Wildman–Crippen LogP) is 3.07. The zero-order valence-corrected chi connectivity index (χ0v) is 15.1. The van der Waals surface area contributed by atoms with Crippen molar-refractivity contribution in [3.63, 3.8) is 0 Å². The fourth-order valence-corrected chi connectivity index (χ4v) is 3.94. The van der Waals surface area contributed by atoms with Gasteiger partial charge in [0.05, 0.1) is 6.10 Å². The van der Waals surface area contributed by atoms with Crippen molar-refractivity contribution in [3.8, 4) is 5.75 Å². The van der Waals surface area contributed by atoms with Crippen LogP contribution in [-0.4, -0.2) is 40.8 Å². The second-order valence-electron chi connectivity index (χ2n) is 6.55. The minimum atomic E-state index is -1.08. The van der Waals surface area contributed by atoms with Crippen LogP contribution < -0.4 is 10.1 Å². The summed E-state index contributed by atoms with van der Waals surface area (Å²) in [5.41, 5.74) is 0.0540. The van der Waals surface area contributed by atoms with Crippen molar-refractivity contribution in [3.05, 3.63) is 28.8 Å². The Hall–Kier alpha value is -1.50. The van der Waals surface area contributed by atoms with Crippen LogP contribution in [0.1, 0.15) is 36.0 Å². The Morgan fingerprint density at radius 2 is 1.92 bits per heavy atom. The number of rotatable bonds is 4. The molecule has 1 heterocycles. The lowest BCUT2D eigenvalue weighted by molar-refractivity contribution is -0.141. The second kappa shape index (κ2) is 8.25. The van der Waals surface area contributed by atoms with E-state index in [9.17, 15) is 19.8 Å². The van der Waals surface area contributed by atoms with Crippen LogP contribution in [0.3, 0.4) is 0 Å². The highest BCUT2D eigenvalue weighted by Gasteiger charge is 2.38. The summed E-state index contributed by atoms with van der Waals surface area (Å²) in [5, 5.41) is 21.9. The summed E-state index contributed by atoms with van der Waals surface area (Å²) >= 11 is 5.86. The normalized spacial score (nSPS) is 28.4. The molecule has 25 heavy (non-hydrogen) atoms. The van der Waals surface area contributed by atoms with Gasteiger partial charge in [-0.15, -0.1) is 12.4 Å². The predicted molar refractivity (Wildman–Crippen MR) is 94.9 cm³/mol. The maximum absolute atomic E-state index is 11.3. The molecule has 1 saturated carbocycles. The average molecular weight is 390 g/mol. The van der Waals surface area contributed by atoms with E-state index in [1.807, 2.05) is 0 Å². The van der Waals surface area contributed by atoms with Gasteiger partial charge < -0.3 is 20.3 Å². The highest BCUT2D eigenvalue weighted by Crippen LogP contribution is 2.38. The smallest absolute Gasteiger partial charge is 0.339 e. The lowest BCUT2D eigenvalue weighted by Gasteiger charge is -2.41. The van der Waals surface area contributed by atoms with Gasteiger partial charge in [-0.1, -0.05) is 11.6 Å². The third-order valence-corrected chi connectivity index (χ3v) is 5.26. The van der Waals surface area contributed by atoms with E-state index >= 15 is 0 Å². The van der Waals surface area contributed by atoms with Gasteiger partial charge in [0.25, 0.3) is 0 Å². The Morgan fingerprint density at radius 3 is 2.60 bits per heavy atom. The van der Waals surface area contributed by atoms with Crippen molar-refractivity contribution < 1.29 is 24.5 Å². The molecule has 1 saturated heterocycles. The van der Waals surface area contributed by atoms with Gasteiger partial charge in [0.2, 0.25) is 0 Å². The molecule has 0 bridgehead atoms. The standard InChI is InChI=1S/C17H20ClNO5.ClH/c18-11-2-4-15(13(7-11)16(20)21)24-12-3-1-9-8-19-14(17(22)23)6-10(9)5-12;/h2,4,7,9-10,12,14,19H,1,3,5-6,8H2,(H,20,21)(H,22,23);1H/t9-,10-,12-,14-;/m0./s1. The molecule has 1 aromatic carbocycles. The molecule has 4 atom stereocenters. The van der Waals surface area contributed by atoms with Gasteiger partial charge in [-0.05, 0) is 62.3 Å². The first-order chi connectivity index (χ1) is 11.4. The highest BCUT2D eigenvalue weighted by molar-refractivity contribution is 6.31. The quantitative estimate of drug-likeness (QED) is 0.732. The lowest BCUT2D eigenvalue weighted by Crippen LogP contribution is -2.50. The lowest BCUT2D eigenvalue weighted by atomic mass is 9.72. The van der Waals surface area contributed by atoms with Gasteiger partial charge in [0, 0.05) is 5.02 Å². The molecule has 1 aliphatic carbocycles. The van der Waals surface area contributed by atoms with Crippen molar-refractivity contribution in [2.24, 2.45) is 11.8 Å². The summed E-state index contributed by atoms with van der Waals surface area (Å²) in [4.78, 5) is 22.5. The number of carbonyl (C=O) groups is 2. The number of aromatic carboxylic acids is 1. The van der Waals surface area contributed by atoms with Gasteiger partial charge in [-0.25, -0.2) is 4.79 Å². The van der Waals surface area contributed by atoms with Crippen molar-refractivity contribution in [2.45, 2.75) is 37.8 Å². The van der Waals surface area contributed by atoms with Crippen LogP contribution in [0.25, 0.3) is 0 Å². The molecule has 1 aromatic rings. The third-order valence-electron chi connectivity index (χ3n) is 5.02. The van der Waals surface area contributed by atoms with E-state index in [4.69, 9.17) is 16.3 Å². The molecule has 1 aliphatic heterocycles. The molecule has 2 fully saturated rings. The van der Waals surface area contributed by atoms with E-state index in [0.717, 1.165) is 25.8 Å². The number of carboxylic acid groups (broad SMARTS) is 2. The highest BCUT2D eigenvalue weighted by atomic mass is 35.5. The van der Waals surface area contributed by atoms with E-state index in [1.165, 1.54) is 6.07 Å². The molecule has 0 unspecified atom stereocenters. The minimum Gasteiger partial charge on any atom is -0.490 e. The first-order valence-corrected chi connectivity index (χ1v) is 8.47. The van der Waals surface area contributed by atoms with Gasteiger partial charge in [-0.2, -0.15) is 0 Å². The molecule has 3 N–H and O–H groups in total. The van der Waals surface area contributed by atoms with Crippen molar-refractivity contribution >= 4 is 35.9 Å². The largest absolute Gasteiger partial charge is 0.490 e. The Bertz CT molecular complexity index is 654. The molecule has 8 heteroatoms. The summed E-state index contributed by atoms with van der Waals surface area (Å²) in [6, 6.07) is 4.07. The van der Waals surface area contributed by atoms with Crippen LogP contribution >= 0.6 is 24.0 Å². The first-order valence-electron chi connectivity index (χ1n) is 8.09. The first kappa shape index (κ1) is 19.8. The van der Waals surface area contributed by atoms with Gasteiger partial charge >= 0.3 is 11.9 Å². The molecule has 138 valence electrons. The zero-order chi connectivity index (χ0) is 17.3. The number of hydrogen-bond donors (Lipinski definition) is 3. The Kier molecular flexibility index (Phi) is 6.54. The van der Waals surface area contributed by atoms with E-state index in [-0.39, 0.29) is 30.0 Å². The molecule has 0 amide bonds. The van der Waals surface area contributed by atoms with Crippen LogP contribution in [0.15, 0.2) is 18.2 Å². The number of benzene rings is 1. The molecule has 3 rings (SSSR count). The number of piperidine rings is 1. The Morgan fingerprint density at radius 1 is 1.16 bits per heavy atom. The van der Waals surface area contributed by atoms with E-state index in [1.54, 1.807) is 12.1 Å². The molecule has 2 aliphatic rings. The molecule has 0 aromatic heterocycles. The van der Waals surface area contributed by atoms with Crippen LogP contribution in [0.2, 0.25) is 5.02 Å². The van der Waals surface area contributed by atoms with Crippen molar-refractivity contribution in [1.29, 1.82) is 0 Å². The fourth-order valence-electron chi connectivity index (χ4n) is 3.77. The number of aliphatic carboxylic acids is 1. The summed E-state index contributed by atoms with van der Waals surface area (Å²) in [7, 11) is 0. The molecule has 0 radical (unpaired) electrons. The van der Waals surface area contributed by atoms with Crippen LogP contribution in [-0.2, 0) is 4.79 Å². The van der Waals surface area contributed by atoms with E-state index < -0.39 is 18.0 Å².